The lowest BCUT2D eigenvalue weighted by Gasteiger charge is -2.49. The molecular weight excluding hydrogens is 516 g/mol. The van der Waals surface area contributed by atoms with E-state index in [0.717, 1.165) is 0 Å². The summed E-state index contributed by atoms with van der Waals surface area (Å²) >= 11 is 5.86. The fraction of sp³-hybridized carbons (Fsp3) is 0.750. The summed E-state index contributed by atoms with van der Waals surface area (Å²) < 4.78 is 30.2. The second-order valence-corrected chi connectivity index (χ2v) is 13.3. The molecule has 7 nitrogen and oxygen atoms in total. The first-order valence-corrected chi connectivity index (χ1v) is 13.6. The van der Waals surface area contributed by atoms with E-state index in [2.05, 4.69) is 32.7 Å². The Kier molecular flexibility index (Phi) is 8.08. The van der Waals surface area contributed by atoms with Gasteiger partial charge in [0, 0.05) is 24.7 Å². The zero-order chi connectivity index (χ0) is 28.9. The van der Waals surface area contributed by atoms with Crippen LogP contribution in [-0.4, -0.2) is 64.1 Å². The molecule has 38 heavy (non-hydrogen) atoms. The maximum Gasteiger partial charge on any atom is 0.309 e. The molecule has 4 aliphatic carbocycles. The largest absolute Gasteiger partial charge is 0.481 e. The van der Waals surface area contributed by atoms with Gasteiger partial charge in [-0.25, -0.2) is 8.78 Å². The molecular formula is C28H40ClF2N3O4. The molecule has 0 aromatic rings. The van der Waals surface area contributed by atoms with Gasteiger partial charge in [0.1, 0.15) is 5.92 Å². The summed E-state index contributed by atoms with van der Waals surface area (Å²) in [5, 5.41) is 17.9. The van der Waals surface area contributed by atoms with Crippen molar-refractivity contribution in [2.75, 3.05) is 13.1 Å². The number of carboxylic acids is 1. The average molecular weight is 556 g/mol. The number of amides is 1. The number of aliphatic imine (C=N–C) groups is 1. The van der Waals surface area contributed by atoms with Gasteiger partial charge in [0.15, 0.2) is 5.78 Å². The molecule has 4 fully saturated rings. The SMILES string of the molecule is C/C(Cl)=C/C(=O)CN(CC1C(C)(C)C1(C)C)C(=O)C(C=N)C(=NC12CCC(C(=O)O)(CC1)CC2)C(C)(F)F. The van der Waals surface area contributed by atoms with E-state index in [1.165, 1.54) is 17.9 Å². The molecule has 0 spiro atoms. The second kappa shape index (κ2) is 10.1. The first kappa shape index (κ1) is 30.4. The molecule has 0 radical (unpaired) electrons. The first-order chi connectivity index (χ1) is 17.3. The predicted molar refractivity (Wildman–Crippen MR) is 143 cm³/mol. The van der Waals surface area contributed by atoms with E-state index in [9.17, 15) is 19.5 Å². The lowest BCUT2D eigenvalue weighted by molar-refractivity contribution is -0.155. The summed E-state index contributed by atoms with van der Waals surface area (Å²) in [6, 6.07) is 0. The molecule has 1 unspecified atom stereocenters. The second-order valence-electron chi connectivity index (χ2n) is 12.8. The van der Waals surface area contributed by atoms with Crippen LogP contribution in [0.4, 0.5) is 8.78 Å². The van der Waals surface area contributed by atoms with Gasteiger partial charge in [0.2, 0.25) is 5.91 Å². The van der Waals surface area contributed by atoms with Crippen molar-refractivity contribution in [1.82, 2.24) is 4.90 Å². The smallest absolute Gasteiger partial charge is 0.309 e. The number of allylic oxidation sites excluding steroid dienone is 1. The summed E-state index contributed by atoms with van der Waals surface area (Å²) in [4.78, 5) is 44.0. The minimum Gasteiger partial charge on any atom is -0.481 e. The number of carboxylic acid groups (broad SMARTS) is 1. The number of nitrogens with one attached hydrogen (secondary N) is 1. The number of alkyl halides is 2. The van der Waals surface area contributed by atoms with Crippen molar-refractivity contribution in [3.05, 3.63) is 11.1 Å². The number of carbonyl (C=O) groups excluding carboxylic acids is 2. The number of hydrogen-bond donors (Lipinski definition) is 2. The fourth-order valence-electron chi connectivity index (χ4n) is 6.51. The lowest BCUT2D eigenvalue weighted by atomic mass is 9.57. The van der Waals surface area contributed by atoms with Gasteiger partial charge in [-0.1, -0.05) is 39.3 Å². The van der Waals surface area contributed by atoms with Crippen LogP contribution in [0.5, 0.6) is 0 Å². The molecule has 0 aliphatic heterocycles. The van der Waals surface area contributed by atoms with Crippen molar-refractivity contribution < 1.29 is 28.3 Å². The summed E-state index contributed by atoms with van der Waals surface area (Å²) in [6.45, 7) is 10.3. The Bertz CT molecular complexity index is 1030. The Hall–Kier alpha value is -2.16. The summed E-state index contributed by atoms with van der Waals surface area (Å²) in [6.07, 6.45) is 3.92. The Morgan fingerprint density at radius 3 is 1.97 bits per heavy atom. The standard InChI is InChI=1S/C28H40ClF2N3O4/c1-17(29)13-18(35)15-34(16-20-24(2,3)25(20,4)5)22(36)19(14-32)21(26(6,30)31)33-28-10-7-27(8-11-28,9-12-28)23(37)38/h13-14,19-20,32H,7-12,15-16H2,1-6H3,(H,37,38)/b17-13-,32-14?,33-21?. The molecule has 0 aromatic carbocycles. The Morgan fingerprint density at radius 1 is 1.11 bits per heavy atom. The van der Waals surface area contributed by atoms with Crippen molar-refractivity contribution in [2.24, 2.45) is 33.1 Å². The third-order valence-corrected chi connectivity index (χ3v) is 10.0. The highest BCUT2D eigenvalue weighted by Gasteiger charge is 2.65. The molecule has 0 saturated heterocycles. The minimum atomic E-state index is -3.49. The maximum absolute atomic E-state index is 15.1. The number of ketones is 1. The third-order valence-electron chi connectivity index (χ3n) is 9.94. The Labute approximate surface area is 228 Å². The third kappa shape index (κ3) is 5.58. The van der Waals surface area contributed by atoms with Gasteiger partial charge in [0.05, 0.1) is 23.2 Å². The van der Waals surface area contributed by atoms with Gasteiger partial charge >= 0.3 is 5.97 Å². The average Bonchev–Trinajstić information content (AvgIpc) is 3.19. The highest BCUT2D eigenvalue weighted by atomic mass is 35.5. The molecule has 4 aliphatic rings. The number of hydrogen-bond acceptors (Lipinski definition) is 5. The van der Waals surface area contributed by atoms with E-state index in [1.54, 1.807) is 0 Å². The van der Waals surface area contributed by atoms with Crippen LogP contribution in [0.25, 0.3) is 0 Å². The molecule has 10 heteroatoms. The molecule has 4 rings (SSSR count). The minimum absolute atomic E-state index is 0.0289. The van der Waals surface area contributed by atoms with Crippen LogP contribution in [0.2, 0.25) is 0 Å². The van der Waals surface area contributed by atoms with Crippen LogP contribution in [-0.2, 0) is 14.4 Å². The molecule has 4 saturated carbocycles. The summed E-state index contributed by atoms with van der Waals surface area (Å²) in [7, 11) is 0. The van der Waals surface area contributed by atoms with Crippen LogP contribution in [0.15, 0.2) is 16.1 Å². The highest BCUT2D eigenvalue weighted by Crippen LogP contribution is 2.68. The van der Waals surface area contributed by atoms with E-state index in [-0.39, 0.29) is 34.9 Å². The van der Waals surface area contributed by atoms with Gasteiger partial charge in [-0.05, 0) is 68.3 Å². The maximum atomic E-state index is 15.1. The zero-order valence-electron chi connectivity index (χ0n) is 23.2. The molecule has 212 valence electrons. The molecule has 1 atom stereocenters. The highest BCUT2D eigenvalue weighted by molar-refractivity contribution is 6.30. The first-order valence-electron chi connectivity index (χ1n) is 13.2. The van der Waals surface area contributed by atoms with Crippen LogP contribution >= 0.6 is 11.6 Å². The number of aliphatic carboxylic acids is 1. The van der Waals surface area contributed by atoms with Crippen LogP contribution in [0, 0.1) is 33.5 Å². The van der Waals surface area contributed by atoms with Crippen LogP contribution in [0.3, 0.4) is 0 Å². The molecule has 2 N–H and O–H groups in total. The molecule has 1 amide bonds. The molecule has 2 bridgehead atoms. The van der Waals surface area contributed by atoms with Gasteiger partial charge in [-0.2, -0.15) is 0 Å². The van der Waals surface area contributed by atoms with Gasteiger partial charge in [-0.15, -0.1) is 0 Å². The lowest BCUT2D eigenvalue weighted by Crippen LogP contribution is -2.52. The summed E-state index contributed by atoms with van der Waals surface area (Å²) in [5.41, 5.74) is -2.67. The topological polar surface area (TPSA) is 111 Å². The van der Waals surface area contributed by atoms with E-state index in [4.69, 9.17) is 17.0 Å². The summed E-state index contributed by atoms with van der Waals surface area (Å²) in [5.74, 6) is -7.18. The Balaban J connectivity index is 1.96. The quantitative estimate of drug-likeness (QED) is 0.250. The predicted octanol–water partition coefficient (Wildman–Crippen LogP) is 5.75. The van der Waals surface area contributed by atoms with Gasteiger partial charge < -0.3 is 15.4 Å². The van der Waals surface area contributed by atoms with E-state index >= 15 is 8.78 Å². The molecule has 0 heterocycles. The van der Waals surface area contributed by atoms with Crippen LogP contribution < -0.4 is 0 Å². The number of nitrogens with zero attached hydrogens (tertiary/aromatic N) is 2. The van der Waals surface area contributed by atoms with Gasteiger partial charge in [-0.3, -0.25) is 19.4 Å². The van der Waals surface area contributed by atoms with Crippen molar-refractivity contribution in [3.8, 4) is 0 Å². The normalized spacial score (nSPS) is 29.5. The molecule has 0 aromatic heterocycles. The number of carbonyl (C=O) groups is 3. The Morgan fingerprint density at radius 2 is 1.61 bits per heavy atom. The number of halogens is 3. The van der Waals surface area contributed by atoms with E-state index < -0.39 is 46.2 Å². The van der Waals surface area contributed by atoms with E-state index in [0.29, 0.717) is 51.7 Å². The van der Waals surface area contributed by atoms with Crippen molar-refractivity contribution in [3.63, 3.8) is 0 Å². The van der Waals surface area contributed by atoms with Crippen LogP contribution in [0.1, 0.15) is 80.1 Å². The number of rotatable bonds is 11. The van der Waals surface area contributed by atoms with E-state index in [1.807, 2.05) is 0 Å². The van der Waals surface area contributed by atoms with Gasteiger partial charge in [0.25, 0.3) is 5.92 Å². The van der Waals surface area contributed by atoms with Crippen molar-refractivity contribution in [1.29, 1.82) is 5.41 Å². The van der Waals surface area contributed by atoms with Crippen molar-refractivity contribution in [2.45, 2.75) is 91.5 Å². The monoisotopic (exact) mass is 555 g/mol. The van der Waals surface area contributed by atoms with Crippen molar-refractivity contribution >= 4 is 41.2 Å². The zero-order valence-corrected chi connectivity index (χ0v) is 23.9. The fourth-order valence-corrected chi connectivity index (χ4v) is 6.63. The number of fused-ring (bicyclic) bond motifs is 3.